The van der Waals surface area contributed by atoms with Crippen molar-refractivity contribution in [2.75, 3.05) is 27.9 Å². The Kier molecular flexibility index (Phi) is 10.5. The van der Waals surface area contributed by atoms with E-state index in [-0.39, 0.29) is 12.4 Å². The molecule has 0 amide bonds. The Morgan fingerprint density at radius 3 is 2.21 bits per heavy atom. The molecule has 3 aromatic rings. The summed E-state index contributed by atoms with van der Waals surface area (Å²) < 4.78 is 21.9. The lowest BCUT2D eigenvalue weighted by molar-refractivity contribution is 0.174. The van der Waals surface area contributed by atoms with Crippen molar-refractivity contribution in [3.8, 4) is 23.0 Å². The predicted octanol–water partition coefficient (Wildman–Crippen LogP) is 4.58. The van der Waals surface area contributed by atoms with Crippen LogP contribution in [0.5, 0.6) is 23.0 Å². The molecular formula is C24H28Cl2N2O5. The van der Waals surface area contributed by atoms with Gasteiger partial charge in [0.2, 0.25) is 0 Å². The number of halogens is 2. The van der Waals surface area contributed by atoms with Gasteiger partial charge in [-0.2, -0.15) is 0 Å². The van der Waals surface area contributed by atoms with Gasteiger partial charge in [-0.1, -0.05) is 29.8 Å². The Labute approximate surface area is 205 Å². The van der Waals surface area contributed by atoms with E-state index in [4.69, 9.17) is 30.5 Å². The van der Waals surface area contributed by atoms with Crippen LogP contribution >= 0.6 is 24.0 Å². The Morgan fingerprint density at radius 2 is 1.55 bits per heavy atom. The van der Waals surface area contributed by atoms with Crippen molar-refractivity contribution >= 4 is 24.0 Å². The number of ether oxygens (including phenoxy) is 4. The molecular weight excluding hydrogens is 467 g/mol. The molecule has 1 heterocycles. The molecule has 0 fully saturated rings. The van der Waals surface area contributed by atoms with E-state index in [0.717, 1.165) is 16.7 Å². The summed E-state index contributed by atoms with van der Waals surface area (Å²) in [6.45, 7) is 1.29. The summed E-state index contributed by atoms with van der Waals surface area (Å²) >= 11 is 5.81. The smallest absolute Gasteiger partial charge is 0.161 e. The third-order valence-electron chi connectivity index (χ3n) is 4.87. The SMILES string of the molecule is COc1ccc(C(O)CNCc2ccc(OCc3ccc(Cl)nc3)c(OC)c2)cc1OC.Cl. The quantitative estimate of drug-likeness (QED) is 0.377. The van der Waals surface area contributed by atoms with Crippen LogP contribution in [-0.4, -0.2) is 38.0 Å². The standard InChI is InChI=1S/C24H27ClN2O5.ClH/c1-29-20-8-6-18(11-23(20)31-3)19(28)14-26-12-16-4-7-21(22(10-16)30-2)32-15-17-5-9-24(25)27-13-17;/h4-11,13,19,26,28H,12,14-15H2,1-3H3;1H. The second-order valence-corrected chi connectivity index (χ2v) is 7.41. The maximum atomic E-state index is 10.5. The molecule has 178 valence electrons. The predicted molar refractivity (Wildman–Crippen MR) is 130 cm³/mol. The van der Waals surface area contributed by atoms with Crippen molar-refractivity contribution in [3.05, 3.63) is 76.6 Å². The van der Waals surface area contributed by atoms with E-state index in [9.17, 15) is 5.11 Å². The van der Waals surface area contributed by atoms with Crippen LogP contribution in [0.15, 0.2) is 54.7 Å². The first kappa shape index (κ1) is 26.5. The van der Waals surface area contributed by atoms with Gasteiger partial charge < -0.3 is 29.4 Å². The van der Waals surface area contributed by atoms with Gasteiger partial charge in [0.1, 0.15) is 11.8 Å². The van der Waals surface area contributed by atoms with Gasteiger partial charge in [0, 0.05) is 24.8 Å². The molecule has 1 atom stereocenters. The minimum Gasteiger partial charge on any atom is -0.493 e. The summed E-state index contributed by atoms with van der Waals surface area (Å²) in [4.78, 5) is 4.05. The van der Waals surface area contributed by atoms with Gasteiger partial charge in [-0.3, -0.25) is 0 Å². The second kappa shape index (κ2) is 13.1. The topological polar surface area (TPSA) is 82.1 Å². The van der Waals surface area contributed by atoms with Crippen LogP contribution in [0.4, 0.5) is 0 Å². The average molecular weight is 495 g/mol. The lowest BCUT2D eigenvalue weighted by atomic mass is 10.1. The van der Waals surface area contributed by atoms with Gasteiger partial charge in [0.05, 0.1) is 27.4 Å². The van der Waals surface area contributed by atoms with Crippen molar-refractivity contribution in [1.29, 1.82) is 0 Å². The van der Waals surface area contributed by atoms with Gasteiger partial charge in [0.25, 0.3) is 0 Å². The highest BCUT2D eigenvalue weighted by atomic mass is 35.5. The maximum Gasteiger partial charge on any atom is 0.161 e. The van der Waals surface area contributed by atoms with Crippen LogP contribution in [0.3, 0.4) is 0 Å². The zero-order valence-electron chi connectivity index (χ0n) is 18.7. The average Bonchev–Trinajstić information content (AvgIpc) is 2.83. The number of benzene rings is 2. The number of methoxy groups -OCH3 is 3. The molecule has 0 saturated carbocycles. The third-order valence-corrected chi connectivity index (χ3v) is 5.09. The zero-order valence-corrected chi connectivity index (χ0v) is 20.3. The molecule has 0 aliphatic heterocycles. The molecule has 0 radical (unpaired) electrons. The molecule has 2 N–H and O–H groups in total. The minimum atomic E-state index is -0.688. The van der Waals surface area contributed by atoms with E-state index in [1.807, 2.05) is 30.3 Å². The number of aliphatic hydroxyl groups excluding tert-OH is 1. The Bertz CT molecular complexity index is 1020. The van der Waals surface area contributed by atoms with Crippen molar-refractivity contribution in [3.63, 3.8) is 0 Å². The number of hydrogen-bond acceptors (Lipinski definition) is 7. The molecule has 0 aliphatic rings. The molecule has 7 nitrogen and oxygen atoms in total. The van der Waals surface area contributed by atoms with Gasteiger partial charge in [-0.05, 0) is 41.5 Å². The molecule has 0 saturated heterocycles. The first-order valence-corrected chi connectivity index (χ1v) is 10.4. The van der Waals surface area contributed by atoms with Gasteiger partial charge >= 0.3 is 0 Å². The van der Waals surface area contributed by atoms with Gasteiger partial charge in [-0.25, -0.2) is 4.98 Å². The Hall–Kier alpha value is -2.71. The molecule has 3 rings (SSSR count). The number of nitrogens with zero attached hydrogens (tertiary/aromatic N) is 1. The zero-order chi connectivity index (χ0) is 22.9. The van der Waals surface area contributed by atoms with Gasteiger partial charge in [0.15, 0.2) is 23.0 Å². The number of aromatic nitrogens is 1. The fraction of sp³-hybridized carbons (Fsp3) is 0.292. The van der Waals surface area contributed by atoms with Crippen LogP contribution in [0.1, 0.15) is 22.8 Å². The van der Waals surface area contributed by atoms with Crippen molar-refractivity contribution in [2.45, 2.75) is 19.3 Å². The summed E-state index contributed by atoms with van der Waals surface area (Å²) in [6, 6.07) is 14.7. The largest absolute Gasteiger partial charge is 0.493 e. The summed E-state index contributed by atoms with van der Waals surface area (Å²) in [7, 11) is 4.75. The number of aliphatic hydroxyl groups is 1. The minimum absolute atomic E-state index is 0. The van der Waals surface area contributed by atoms with Crippen LogP contribution in [0, 0.1) is 0 Å². The summed E-state index contributed by atoms with van der Waals surface area (Å²) in [5, 5.41) is 14.2. The molecule has 2 aromatic carbocycles. The molecule has 0 aliphatic carbocycles. The lowest BCUT2D eigenvalue weighted by Gasteiger charge is -2.16. The Balaban J connectivity index is 0.00000385. The number of nitrogens with one attached hydrogen (secondary N) is 1. The van der Waals surface area contributed by atoms with E-state index in [1.54, 1.807) is 45.7 Å². The summed E-state index contributed by atoms with van der Waals surface area (Å²) in [5.74, 6) is 2.47. The second-order valence-electron chi connectivity index (χ2n) is 7.02. The van der Waals surface area contributed by atoms with Crippen molar-refractivity contribution in [2.24, 2.45) is 0 Å². The van der Waals surface area contributed by atoms with Gasteiger partial charge in [-0.15, -0.1) is 12.4 Å². The molecule has 33 heavy (non-hydrogen) atoms. The first-order chi connectivity index (χ1) is 15.5. The monoisotopic (exact) mass is 494 g/mol. The molecule has 0 bridgehead atoms. The number of hydrogen-bond donors (Lipinski definition) is 2. The number of pyridine rings is 1. The van der Waals surface area contributed by atoms with E-state index in [0.29, 0.717) is 47.8 Å². The highest BCUT2D eigenvalue weighted by molar-refractivity contribution is 6.29. The van der Waals surface area contributed by atoms with Crippen LogP contribution < -0.4 is 24.3 Å². The number of rotatable bonds is 11. The van der Waals surface area contributed by atoms with Crippen molar-refractivity contribution < 1.29 is 24.1 Å². The third kappa shape index (κ3) is 7.40. The maximum absolute atomic E-state index is 10.5. The fourth-order valence-corrected chi connectivity index (χ4v) is 3.24. The lowest BCUT2D eigenvalue weighted by Crippen LogP contribution is -2.21. The summed E-state index contributed by atoms with van der Waals surface area (Å²) in [6.07, 6.45) is 0.990. The normalized spacial score (nSPS) is 11.3. The molecule has 1 unspecified atom stereocenters. The molecule has 9 heteroatoms. The first-order valence-electron chi connectivity index (χ1n) is 10.0. The van der Waals surface area contributed by atoms with E-state index in [1.165, 1.54) is 0 Å². The fourth-order valence-electron chi connectivity index (χ4n) is 3.13. The highest BCUT2D eigenvalue weighted by Crippen LogP contribution is 2.30. The molecule has 0 spiro atoms. The molecule has 1 aromatic heterocycles. The van der Waals surface area contributed by atoms with Crippen molar-refractivity contribution in [1.82, 2.24) is 10.3 Å². The van der Waals surface area contributed by atoms with Crippen LogP contribution in [0.25, 0.3) is 0 Å². The van der Waals surface area contributed by atoms with Crippen LogP contribution in [-0.2, 0) is 13.2 Å². The van der Waals surface area contributed by atoms with E-state index >= 15 is 0 Å². The van der Waals surface area contributed by atoms with E-state index < -0.39 is 6.10 Å². The van der Waals surface area contributed by atoms with E-state index in [2.05, 4.69) is 10.3 Å². The highest BCUT2D eigenvalue weighted by Gasteiger charge is 2.12. The Morgan fingerprint density at radius 1 is 0.879 bits per heavy atom. The van der Waals surface area contributed by atoms with Crippen LogP contribution in [0.2, 0.25) is 5.15 Å². The summed E-state index contributed by atoms with van der Waals surface area (Å²) in [5.41, 5.74) is 2.65.